The number of anilines is 2. The van der Waals surface area contributed by atoms with Crippen molar-refractivity contribution in [3.63, 3.8) is 0 Å². The molecule has 5 heteroatoms. The summed E-state index contributed by atoms with van der Waals surface area (Å²) < 4.78 is 0. The maximum atomic E-state index is 5.60. The fourth-order valence-electron chi connectivity index (χ4n) is 2.87. The molecule has 4 N–H and O–H groups in total. The molecule has 3 rings (SSSR count). The first kappa shape index (κ1) is 13.7. The minimum absolute atomic E-state index is 0.152. The van der Waals surface area contributed by atoms with E-state index >= 15 is 0 Å². The average Bonchev–Trinajstić information content (AvgIpc) is 2.82. The van der Waals surface area contributed by atoms with Gasteiger partial charge in [0.1, 0.15) is 0 Å². The monoisotopic (exact) mass is 283 g/mol. The van der Waals surface area contributed by atoms with Gasteiger partial charge in [0.2, 0.25) is 0 Å². The number of nitrogens with one attached hydrogen (secondary N) is 2. The van der Waals surface area contributed by atoms with Crippen molar-refractivity contribution in [2.75, 3.05) is 5.32 Å². The fraction of sp³-hybridized carbons (Fsp3) is 0.375. The van der Waals surface area contributed by atoms with E-state index in [0.717, 1.165) is 41.3 Å². The molecule has 21 heavy (non-hydrogen) atoms. The molecular formula is C16H21N5. The number of aromatic nitrogens is 2. The summed E-state index contributed by atoms with van der Waals surface area (Å²) in [5, 5.41) is 14.9. The van der Waals surface area contributed by atoms with E-state index in [4.69, 9.17) is 5.84 Å². The molecule has 1 heterocycles. The van der Waals surface area contributed by atoms with Crippen LogP contribution in [0.3, 0.4) is 0 Å². The first-order chi connectivity index (χ1) is 9.98. The van der Waals surface area contributed by atoms with Crippen molar-refractivity contribution in [2.45, 2.75) is 33.6 Å². The van der Waals surface area contributed by atoms with Crippen LogP contribution in [0.25, 0.3) is 0 Å². The molecule has 0 aliphatic heterocycles. The normalized spacial score (nSPS) is 18.5. The lowest BCUT2D eigenvalue weighted by Gasteiger charge is -2.29. The highest BCUT2D eigenvalue weighted by molar-refractivity contribution is 6.07. The Hall–Kier alpha value is -2.30. The summed E-state index contributed by atoms with van der Waals surface area (Å²) in [4.78, 5) is 0. The Morgan fingerprint density at radius 2 is 1.95 bits per heavy atom. The summed E-state index contributed by atoms with van der Waals surface area (Å²) in [6.45, 7) is 6.51. The standard InChI is InChI=1S/C16H21N5/c1-10-4-6-11(7-5-10)18-15-14-12(19-17)8-16(2,3)9-13(14)20-21-15/h4-7H,8-9,17H2,1-3H3,(H2,18,20,21). The highest BCUT2D eigenvalue weighted by Gasteiger charge is 2.33. The highest BCUT2D eigenvalue weighted by Crippen LogP contribution is 2.37. The van der Waals surface area contributed by atoms with E-state index < -0.39 is 0 Å². The maximum absolute atomic E-state index is 5.60. The number of hydrazone groups is 1. The van der Waals surface area contributed by atoms with Crippen molar-refractivity contribution in [1.29, 1.82) is 0 Å². The van der Waals surface area contributed by atoms with Gasteiger partial charge in [-0.2, -0.15) is 10.2 Å². The second-order valence-corrected chi connectivity index (χ2v) is 6.51. The summed E-state index contributed by atoms with van der Waals surface area (Å²) in [6, 6.07) is 8.23. The number of fused-ring (bicyclic) bond motifs is 1. The van der Waals surface area contributed by atoms with Crippen LogP contribution in [-0.2, 0) is 6.42 Å². The third-order valence-corrected chi connectivity index (χ3v) is 3.90. The molecule has 2 aromatic rings. The first-order valence-electron chi connectivity index (χ1n) is 7.16. The molecule has 1 aliphatic rings. The number of H-pyrrole nitrogens is 1. The molecule has 0 amide bonds. The highest BCUT2D eigenvalue weighted by atomic mass is 15.2. The molecule has 5 nitrogen and oxygen atoms in total. The van der Waals surface area contributed by atoms with Crippen molar-refractivity contribution < 1.29 is 0 Å². The van der Waals surface area contributed by atoms with Gasteiger partial charge in [-0.25, -0.2) is 0 Å². The van der Waals surface area contributed by atoms with Gasteiger partial charge in [-0.05, 0) is 37.3 Å². The maximum Gasteiger partial charge on any atom is 0.161 e. The Morgan fingerprint density at radius 3 is 2.62 bits per heavy atom. The molecular weight excluding hydrogens is 262 g/mol. The van der Waals surface area contributed by atoms with Gasteiger partial charge >= 0.3 is 0 Å². The minimum atomic E-state index is 0.152. The second kappa shape index (κ2) is 4.91. The van der Waals surface area contributed by atoms with Gasteiger partial charge in [0.05, 0.1) is 11.3 Å². The van der Waals surface area contributed by atoms with E-state index in [-0.39, 0.29) is 5.41 Å². The summed E-state index contributed by atoms with van der Waals surface area (Å²) in [5.74, 6) is 6.40. The molecule has 1 aromatic heterocycles. The van der Waals surface area contributed by atoms with Crippen molar-refractivity contribution in [3.8, 4) is 0 Å². The van der Waals surface area contributed by atoms with Crippen LogP contribution in [0.5, 0.6) is 0 Å². The van der Waals surface area contributed by atoms with Crippen molar-refractivity contribution in [1.82, 2.24) is 10.2 Å². The zero-order valence-corrected chi connectivity index (χ0v) is 12.7. The molecule has 0 saturated heterocycles. The van der Waals surface area contributed by atoms with Crippen LogP contribution in [0.4, 0.5) is 11.5 Å². The van der Waals surface area contributed by atoms with Crippen LogP contribution in [0.15, 0.2) is 29.4 Å². The molecule has 0 saturated carbocycles. The van der Waals surface area contributed by atoms with Gasteiger partial charge in [0, 0.05) is 11.4 Å². The Balaban J connectivity index is 1.96. The largest absolute Gasteiger partial charge is 0.338 e. The number of nitrogens with zero attached hydrogens (tertiary/aromatic N) is 2. The minimum Gasteiger partial charge on any atom is -0.338 e. The first-order valence-corrected chi connectivity index (χ1v) is 7.16. The lowest BCUT2D eigenvalue weighted by atomic mass is 9.75. The summed E-state index contributed by atoms with van der Waals surface area (Å²) in [6.07, 6.45) is 1.81. The molecule has 0 radical (unpaired) electrons. The second-order valence-electron chi connectivity index (χ2n) is 6.51. The van der Waals surface area contributed by atoms with Crippen molar-refractivity contribution >= 4 is 17.2 Å². The Labute approximate surface area is 124 Å². The van der Waals surface area contributed by atoms with Gasteiger partial charge in [-0.15, -0.1) is 0 Å². The van der Waals surface area contributed by atoms with Crippen LogP contribution < -0.4 is 11.2 Å². The third-order valence-electron chi connectivity index (χ3n) is 3.90. The SMILES string of the molecule is Cc1ccc(Nc2n[nH]c3c2C(=NN)CC(C)(C)C3)cc1. The van der Waals surface area contributed by atoms with Gasteiger partial charge in [0.25, 0.3) is 0 Å². The third kappa shape index (κ3) is 2.63. The van der Waals surface area contributed by atoms with E-state index in [0.29, 0.717) is 0 Å². The molecule has 0 fully saturated rings. The number of hydrogen-bond donors (Lipinski definition) is 3. The lowest BCUT2D eigenvalue weighted by Crippen LogP contribution is -2.28. The van der Waals surface area contributed by atoms with Crippen LogP contribution in [0.1, 0.15) is 37.1 Å². The Kier molecular flexibility index (Phi) is 3.20. The zero-order chi connectivity index (χ0) is 15.0. The molecule has 0 atom stereocenters. The van der Waals surface area contributed by atoms with Crippen LogP contribution in [-0.4, -0.2) is 15.9 Å². The summed E-state index contributed by atoms with van der Waals surface area (Å²) in [7, 11) is 0. The molecule has 0 spiro atoms. The number of benzene rings is 1. The van der Waals surface area contributed by atoms with E-state index in [1.54, 1.807) is 0 Å². The quantitative estimate of drug-likeness (QED) is 0.585. The number of aromatic amines is 1. The van der Waals surface area contributed by atoms with Crippen molar-refractivity contribution in [2.24, 2.45) is 16.4 Å². The Morgan fingerprint density at radius 1 is 1.24 bits per heavy atom. The van der Waals surface area contributed by atoms with Gasteiger partial charge in [-0.3, -0.25) is 5.10 Å². The summed E-state index contributed by atoms with van der Waals surface area (Å²) in [5.41, 5.74) is 5.43. The summed E-state index contributed by atoms with van der Waals surface area (Å²) >= 11 is 0. The fourth-order valence-corrected chi connectivity index (χ4v) is 2.87. The molecule has 1 aliphatic carbocycles. The van der Waals surface area contributed by atoms with E-state index in [2.05, 4.69) is 53.5 Å². The van der Waals surface area contributed by atoms with Gasteiger partial charge < -0.3 is 11.2 Å². The predicted octanol–water partition coefficient (Wildman–Crippen LogP) is 3.10. The number of rotatable bonds is 2. The number of aryl methyl sites for hydroxylation is 1. The van der Waals surface area contributed by atoms with Crippen LogP contribution in [0, 0.1) is 12.3 Å². The predicted molar refractivity (Wildman–Crippen MR) is 85.9 cm³/mol. The van der Waals surface area contributed by atoms with Gasteiger partial charge in [0.15, 0.2) is 5.82 Å². The smallest absolute Gasteiger partial charge is 0.161 e. The molecule has 110 valence electrons. The average molecular weight is 283 g/mol. The number of hydrogen-bond acceptors (Lipinski definition) is 4. The zero-order valence-electron chi connectivity index (χ0n) is 12.7. The van der Waals surface area contributed by atoms with E-state index in [1.165, 1.54) is 5.56 Å². The molecule has 0 unspecified atom stereocenters. The van der Waals surface area contributed by atoms with Crippen molar-refractivity contribution in [3.05, 3.63) is 41.1 Å². The molecule has 0 bridgehead atoms. The van der Waals surface area contributed by atoms with E-state index in [9.17, 15) is 0 Å². The van der Waals surface area contributed by atoms with E-state index in [1.807, 2.05) is 12.1 Å². The lowest BCUT2D eigenvalue weighted by molar-refractivity contribution is 0.368. The van der Waals surface area contributed by atoms with Crippen LogP contribution in [0.2, 0.25) is 0 Å². The number of nitrogens with two attached hydrogens (primary N) is 1. The Bertz CT molecular complexity index is 679. The van der Waals surface area contributed by atoms with Gasteiger partial charge in [-0.1, -0.05) is 31.5 Å². The topological polar surface area (TPSA) is 79.1 Å². The van der Waals surface area contributed by atoms with Crippen LogP contribution >= 0.6 is 0 Å². The molecule has 1 aromatic carbocycles.